The number of aromatic amines is 1. The summed E-state index contributed by atoms with van der Waals surface area (Å²) in [6, 6.07) is 12.2. The molecular formula is C24H22ClN7O4S2. The lowest BCUT2D eigenvalue weighted by molar-refractivity contribution is -0.384. The van der Waals surface area contributed by atoms with Gasteiger partial charge >= 0.3 is 0 Å². The van der Waals surface area contributed by atoms with Crippen LogP contribution >= 0.6 is 34.7 Å². The number of nitro benzene ring substituents is 1. The Morgan fingerprint density at radius 2 is 1.95 bits per heavy atom. The molecule has 0 spiro atoms. The van der Waals surface area contributed by atoms with Crippen LogP contribution in [-0.2, 0) is 4.79 Å². The number of rotatable bonds is 10. The highest BCUT2D eigenvalue weighted by Crippen LogP contribution is 2.27. The van der Waals surface area contributed by atoms with E-state index in [-0.39, 0.29) is 28.8 Å². The molecule has 2 aromatic carbocycles. The highest BCUT2D eigenvalue weighted by Gasteiger charge is 2.24. The van der Waals surface area contributed by atoms with E-state index in [1.165, 1.54) is 35.6 Å². The van der Waals surface area contributed by atoms with Crippen molar-refractivity contribution in [3.63, 3.8) is 0 Å². The molecule has 4 aromatic rings. The van der Waals surface area contributed by atoms with Crippen molar-refractivity contribution in [2.24, 2.45) is 5.92 Å². The minimum Gasteiger partial charge on any atom is -0.342 e. The number of halogens is 1. The number of amides is 2. The zero-order valence-electron chi connectivity index (χ0n) is 20.2. The van der Waals surface area contributed by atoms with Gasteiger partial charge in [-0.25, -0.2) is 9.97 Å². The van der Waals surface area contributed by atoms with Gasteiger partial charge in [0.05, 0.1) is 22.4 Å². The molecule has 0 bridgehead atoms. The number of anilines is 1. The van der Waals surface area contributed by atoms with E-state index in [0.717, 1.165) is 23.0 Å². The maximum absolute atomic E-state index is 12.7. The first-order valence-corrected chi connectivity index (χ1v) is 13.6. The summed E-state index contributed by atoms with van der Waals surface area (Å²) in [6.07, 6.45) is 0. The number of nitro groups is 1. The molecule has 0 unspecified atom stereocenters. The molecule has 0 aliphatic rings. The van der Waals surface area contributed by atoms with Gasteiger partial charge in [-0.1, -0.05) is 55.4 Å². The van der Waals surface area contributed by atoms with Gasteiger partial charge in [0.25, 0.3) is 11.6 Å². The average Bonchev–Trinajstić information content (AvgIpc) is 3.56. The predicted molar refractivity (Wildman–Crippen MR) is 146 cm³/mol. The summed E-state index contributed by atoms with van der Waals surface area (Å²) in [7, 11) is 0. The minimum atomic E-state index is -0.556. The molecule has 0 aliphatic heterocycles. The van der Waals surface area contributed by atoms with Crippen molar-refractivity contribution in [3.05, 3.63) is 80.4 Å². The van der Waals surface area contributed by atoms with E-state index < -0.39 is 16.9 Å². The molecule has 1 atom stereocenters. The molecule has 14 heteroatoms. The first-order valence-electron chi connectivity index (χ1n) is 11.3. The minimum absolute atomic E-state index is 0.0551. The molecule has 4 rings (SSSR count). The topological polar surface area (TPSA) is 156 Å². The number of thiazole rings is 1. The summed E-state index contributed by atoms with van der Waals surface area (Å²) in [5.41, 5.74) is 1.62. The molecule has 196 valence electrons. The van der Waals surface area contributed by atoms with Crippen LogP contribution in [0.5, 0.6) is 0 Å². The largest absolute Gasteiger partial charge is 0.342 e. The van der Waals surface area contributed by atoms with Crippen LogP contribution in [0.3, 0.4) is 0 Å². The molecule has 0 saturated heterocycles. The van der Waals surface area contributed by atoms with Gasteiger partial charge in [0, 0.05) is 33.7 Å². The van der Waals surface area contributed by atoms with E-state index in [1.807, 2.05) is 31.4 Å². The average molecular weight is 572 g/mol. The van der Waals surface area contributed by atoms with Crippen molar-refractivity contribution >= 4 is 57.3 Å². The van der Waals surface area contributed by atoms with Gasteiger partial charge in [-0.05, 0) is 24.1 Å². The fourth-order valence-corrected chi connectivity index (χ4v) is 4.83. The molecule has 2 heterocycles. The van der Waals surface area contributed by atoms with Gasteiger partial charge in [0.15, 0.2) is 5.13 Å². The summed E-state index contributed by atoms with van der Waals surface area (Å²) in [6.45, 7) is 3.79. The molecule has 2 aromatic heterocycles. The predicted octanol–water partition coefficient (Wildman–Crippen LogP) is 5.35. The van der Waals surface area contributed by atoms with Crippen LogP contribution in [0.25, 0.3) is 11.3 Å². The Morgan fingerprint density at radius 1 is 1.18 bits per heavy atom. The fraction of sp³-hybridized carbons (Fsp3) is 0.208. The zero-order valence-corrected chi connectivity index (χ0v) is 22.6. The number of carbonyl (C=O) groups is 2. The van der Waals surface area contributed by atoms with E-state index >= 15 is 0 Å². The van der Waals surface area contributed by atoms with Gasteiger partial charge in [0.1, 0.15) is 5.82 Å². The quantitative estimate of drug-likeness (QED) is 0.131. The molecule has 3 N–H and O–H groups in total. The molecule has 0 fully saturated rings. The Kier molecular flexibility index (Phi) is 8.71. The summed E-state index contributed by atoms with van der Waals surface area (Å²) in [5.74, 6) is -0.336. The number of non-ortho nitro benzene ring substituents is 1. The Balaban J connectivity index is 1.34. The van der Waals surface area contributed by atoms with Crippen molar-refractivity contribution in [2.45, 2.75) is 25.0 Å². The van der Waals surface area contributed by atoms with Crippen molar-refractivity contribution in [1.82, 2.24) is 25.5 Å². The fourth-order valence-electron chi connectivity index (χ4n) is 3.37. The summed E-state index contributed by atoms with van der Waals surface area (Å²) in [4.78, 5) is 44.5. The Labute approximate surface area is 230 Å². The lowest BCUT2D eigenvalue weighted by atomic mass is 10.0. The van der Waals surface area contributed by atoms with Crippen LogP contribution in [0.1, 0.15) is 36.1 Å². The van der Waals surface area contributed by atoms with Crippen molar-refractivity contribution in [2.75, 3.05) is 11.1 Å². The van der Waals surface area contributed by atoms with Crippen molar-refractivity contribution in [3.8, 4) is 11.3 Å². The lowest BCUT2D eigenvalue weighted by Gasteiger charge is -2.19. The first kappa shape index (κ1) is 27.2. The number of carbonyl (C=O) groups excluding carboxylic acids is 2. The molecule has 2 amide bonds. The Hall–Kier alpha value is -3.81. The van der Waals surface area contributed by atoms with Gasteiger partial charge in [0.2, 0.25) is 11.1 Å². The third-order valence-electron chi connectivity index (χ3n) is 5.27. The van der Waals surface area contributed by atoms with E-state index in [4.69, 9.17) is 11.6 Å². The number of nitrogens with zero attached hydrogens (tertiary/aromatic N) is 4. The van der Waals surface area contributed by atoms with Crippen LogP contribution in [0.2, 0.25) is 5.02 Å². The van der Waals surface area contributed by atoms with Gasteiger partial charge in [-0.3, -0.25) is 24.8 Å². The smallest absolute Gasteiger partial charge is 0.270 e. The lowest BCUT2D eigenvalue weighted by Crippen LogP contribution is -2.32. The van der Waals surface area contributed by atoms with Crippen LogP contribution < -0.4 is 10.6 Å². The monoisotopic (exact) mass is 571 g/mol. The third kappa shape index (κ3) is 6.94. The number of hydrogen-bond donors (Lipinski definition) is 3. The third-order valence-corrected chi connectivity index (χ3v) is 7.13. The Morgan fingerprint density at radius 3 is 2.66 bits per heavy atom. The van der Waals surface area contributed by atoms with Crippen molar-refractivity contribution < 1.29 is 14.5 Å². The zero-order chi connectivity index (χ0) is 27.2. The molecule has 0 radical (unpaired) electrons. The molecule has 38 heavy (non-hydrogen) atoms. The maximum Gasteiger partial charge on any atom is 0.270 e. The van der Waals surface area contributed by atoms with Crippen LogP contribution in [0, 0.1) is 16.0 Å². The summed E-state index contributed by atoms with van der Waals surface area (Å²) < 4.78 is 0. The number of thioether (sulfide) groups is 1. The molecular weight excluding hydrogens is 550 g/mol. The first-order chi connectivity index (χ1) is 18.2. The number of hydrogen-bond acceptors (Lipinski definition) is 9. The van der Waals surface area contributed by atoms with E-state index in [9.17, 15) is 19.7 Å². The van der Waals surface area contributed by atoms with Crippen LogP contribution in [0.4, 0.5) is 10.8 Å². The number of aromatic nitrogens is 4. The molecule has 0 saturated carbocycles. The Bertz CT molecular complexity index is 1460. The van der Waals surface area contributed by atoms with Crippen molar-refractivity contribution in [1.29, 1.82) is 0 Å². The number of H-pyrrole nitrogens is 1. The molecule has 11 nitrogen and oxygen atoms in total. The maximum atomic E-state index is 12.7. The number of benzene rings is 2. The summed E-state index contributed by atoms with van der Waals surface area (Å²) >= 11 is 8.37. The number of nitrogens with one attached hydrogen (secondary N) is 3. The molecule has 0 aliphatic carbocycles. The van der Waals surface area contributed by atoms with Crippen LogP contribution in [0.15, 0.2) is 59.1 Å². The highest BCUT2D eigenvalue weighted by molar-refractivity contribution is 7.99. The normalized spacial score (nSPS) is 11.8. The van der Waals surface area contributed by atoms with E-state index in [0.29, 0.717) is 21.1 Å². The highest BCUT2D eigenvalue weighted by atomic mass is 35.5. The van der Waals surface area contributed by atoms with Crippen LogP contribution in [-0.4, -0.2) is 42.7 Å². The summed E-state index contributed by atoms with van der Waals surface area (Å²) in [5, 5.41) is 26.9. The van der Waals surface area contributed by atoms with E-state index in [1.54, 1.807) is 12.1 Å². The van der Waals surface area contributed by atoms with Gasteiger partial charge < -0.3 is 10.6 Å². The van der Waals surface area contributed by atoms with E-state index in [2.05, 4.69) is 30.8 Å². The van der Waals surface area contributed by atoms with Gasteiger partial charge in [-0.2, -0.15) is 0 Å². The second-order valence-corrected chi connectivity index (χ2v) is 10.6. The second-order valence-electron chi connectivity index (χ2n) is 8.39. The second kappa shape index (κ2) is 12.2. The SMILES string of the molecule is CC(C)[C@@H](NC(=O)c1cccc([N+](=O)[O-])c1)c1nc(SCC(=O)Nc2nc(-c3ccc(Cl)cc3)cs2)n[nH]1. The standard InChI is InChI=1S/C24H22ClN7O4S2/c1-13(2)20(28-22(34)15-4-3-5-17(10-15)32(35)36)21-29-24(31-30-21)38-12-19(33)27-23-26-18(11-37-23)14-6-8-16(25)9-7-14/h3-11,13,20H,12H2,1-2H3,(H,28,34)(H,26,27,33)(H,29,30,31)/t20-/m1/s1. The van der Waals surface area contributed by atoms with Gasteiger partial charge in [-0.15, -0.1) is 16.4 Å².